The van der Waals surface area contributed by atoms with Crippen LogP contribution in [0.5, 0.6) is 0 Å². The number of benzene rings is 1. The van der Waals surface area contributed by atoms with Crippen LogP contribution in [0, 0.1) is 0 Å². The fraction of sp³-hybridized carbons (Fsp3) is 0.588. The number of amides is 1. The quantitative estimate of drug-likeness (QED) is 0.817. The lowest BCUT2D eigenvalue weighted by atomic mass is 9.95. The van der Waals surface area contributed by atoms with Crippen LogP contribution in [0.15, 0.2) is 18.2 Å². The zero-order valence-electron chi connectivity index (χ0n) is 13.7. The normalized spacial score (nSPS) is 13.7. The summed E-state index contributed by atoms with van der Waals surface area (Å²) in [5.74, 6) is 0.668. The Morgan fingerprint density at radius 2 is 2.18 bits per heavy atom. The molecule has 1 heterocycles. The van der Waals surface area contributed by atoms with E-state index in [-0.39, 0.29) is 18.3 Å². The molecule has 5 heteroatoms. The van der Waals surface area contributed by atoms with Crippen LogP contribution in [0.1, 0.15) is 37.3 Å². The lowest BCUT2D eigenvalue weighted by Crippen LogP contribution is -2.41. The molecule has 0 saturated heterocycles. The Bertz CT molecular complexity index is 492. The maximum atomic E-state index is 12.4. The molecule has 0 aromatic heterocycles. The van der Waals surface area contributed by atoms with Gasteiger partial charge in [-0.15, -0.1) is 12.4 Å². The molecule has 0 bridgehead atoms. The van der Waals surface area contributed by atoms with E-state index in [4.69, 9.17) is 4.74 Å². The zero-order valence-corrected chi connectivity index (χ0v) is 14.5. The maximum Gasteiger partial charge on any atom is 0.240 e. The smallest absolute Gasteiger partial charge is 0.240 e. The van der Waals surface area contributed by atoms with Crippen LogP contribution in [-0.4, -0.2) is 39.3 Å². The van der Waals surface area contributed by atoms with Gasteiger partial charge in [-0.2, -0.15) is 0 Å². The number of aryl methyl sites for hydroxylation is 1. The highest BCUT2D eigenvalue weighted by Crippen LogP contribution is 2.30. The Labute approximate surface area is 139 Å². The van der Waals surface area contributed by atoms with Gasteiger partial charge in [0.25, 0.3) is 0 Å². The molecule has 0 atom stereocenters. The van der Waals surface area contributed by atoms with E-state index >= 15 is 0 Å². The summed E-state index contributed by atoms with van der Waals surface area (Å²) < 4.78 is 4.97. The minimum absolute atomic E-state index is 0. The topological polar surface area (TPSA) is 41.6 Å². The summed E-state index contributed by atoms with van der Waals surface area (Å²) in [6.07, 6.45) is 2.11. The second-order valence-electron chi connectivity index (χ2n) is 5.86. The first-order chi connectivity index (χ1) is 10.1. The van der Waals surface area contributed by atoms with E-state index < -0.39 is 0 Å². The van der Waals surface area contributed by atoms with Crippen LogP contribution in [0.25, 0.3) is 0 Å². The summed E-state index contributed by atoms with van der Waals surface area (Å²) in [7, 11) is 1.66. The van der Waals surface area contributed by atoms with Crippen LogP contribution in [0.3, 0.4) is 0 Å². The van der Waals surface area contributed by atoms with Crippen LogP contribution >= 0.6 is 12.4 Å². The second-order valence-corrected chi connectivity index (χ2v) is 5.86. The van der Waals surface area contributed by atoms with Crippen molar-refractivity contribution in [2.45, 2.75) is 32.6 Å². The monoisotopic (exact) mass is 326 g/mol. The first kappa shape index (κ1) is 18.9. The van der Waals surface area contributed by atoms with Gasteiger partial charge in [0.15, 0.2) is 0 Å². The minimum Gasteiger partial charge on any atom is -0.383 e. The minimum atomic E-state index is 0. The van der Waals surface area contributed by atoms with E-state index in [1.54, 1.807) is 7.11 Å². The number of hydrogen-bond donors (Lipinski definition) is 1. The molecule has 22 heavy (non-hydrogen) atoms. The van der Waals surface area contributed by atoms with Gasteiger partial charge >= 0.3 is 0 Å². The third-order valence-electron chi connectivity index (χ3n) is 3.95. The lowest BCUT2D eigenvalue weighted by Gasteiger charge is -2.30. The largest absolute Gasteiger partial charge is 0.383 e. The summed E-state index contributed by atoms with van der Waals surface area (Å²) in [4.78, 5) is 14.3. The van der Waals surface area contributed by atoms with Gasteiger partial charge in [-0.25, -0.2) is 0 Å². The van der Waals surface area contributed by atoms with Crippen molar-refractivity contribution in [1.29, 1.82) is 0 Å². The summed E-state index contributed by atoms with van der Waals surface area (Å²) in [5, 5.41) is 3.13. The predicted molar refractivity (Wildman–Crippen MR) is 93.2 cm³/mol. The molecule has 1 N–H and O–H groups in total. The van der Waals surface area contributed by atoms with E-state index in [1.165, 1.54) is 11.1 Å². The van der Waals surface area contributed by atoms with Crippen molar-refractivity contribution in [3.05, 3.63) is 29.3 Å². The number of nitrogens with zero attached hydrogens (tertiary/aromatic N) is 1. The SMILES string of the molecule is COCCNCC(=O)N1CCCc2cc(C(C)C)ccc21.Cl. The molecule has 1 aromatic carbocycles. The summed E-state index contributed by atoms with van der Waals surface area (Å²) in [6, 6.07) is 6.52. The standard InChI is InChI=1S/C17H26N2O2.ClH/c1-13(2)14-6-7-16-15(11-14)5-4-9-19(16)17(20)12-18-8-10-21-3;/h6-7,11,13,18H,4-5,8-10,12H2,1-3H3;1H. The summed E-state index contributed by atoms with van der Waals surface area (Å²) >= 11 is 0. The highest BCUT2D eigenvalue weighted by molar-refractivity contribution is 5.96. The number of rotatable bonds is 6. The average molecular weight is 327 g/mol. The van der Waals surface area contributed by atoms with Crippen molar-refractivity contribution in [2.24, 2.45) is 0 Å². The Morgan fingerprint density at radius 3 is 2.86 bits per heavy atom. The first-order valence-electron chi connectivity index (χ1n) is 7.76. The van der Waals surface area contributed by atoms with Gasteiger partial charge in [-0.05, 0) is 36.0 Å². The van der Waals surface area contributed by atoms with Gasteiger partial charge in [0.05, 0.1) is 13.2 Å². The van der Waals surface area contributed by atoms with Gasteiger partial charge in [0, 0.05) is 25.9 Å². The van der Waals surface area contributed by atoms with E-state index in [1.807, 2.05) is 4.90 Å². The van der Waals surface area contributed by atoms with E-state index in [9.17, 15) is 4.79 Å². The molecule has 0 unspecified atom stereocenters. The van der Waals surface area contributed by atoms with Crippen molar-refractivity contribution in [3.8, 4) is 0 Å². The summed E-state index contributed by atoms with van der Waals surface area (Å²) in [6.45, 7) is 6.92. The molecule has 0 fully saturated rings. The van der Waals surface area contributed by atoms with Gasteiger partial charge in [-0.3, -0.25) is 4.79 Å². The number of nitrogens with one attached hydrogen (secondary N) is 1. The highest BCUT2D eigenvalue weighted by atomic mass is 35.5. The molecule has 0 saturated carbocycles. The molecule has 4 nitrogen and oxygen atoms in total. The van der Waals surface area contributed by atoms with Crippen LogP contribution in [-0.2, 0) is 16.0 Å². The van der Waals surface area contributed by atoms with Crippen molar-refractivity contribution < 1.29 is 9.53 Å². The Morgan fingerprint density at radius 1 is 1.41 bits per heavy atom. The van der Waals surface area contributed by atoms with Gasteiger partial charge in [0.2, 0.25) is 5.91 Å². The third-order valence-corrected chi connectivity index (χ3v) is 3.95. The van der Waals surface area contributed by atoms with Crippen LogP contribution in [0.4, 0.5) is 5.69 Å². The molecule has 1 aromatic rings. The van der Waals surface area contributed by atoms with Gasteiger partial charge in [0.1, 0.15) is 0 Å². The maximum absolute atomic E-state index is 12.4. The van der Waals surface area contributed by atoms with Crippen LogP contribution in [0.2, 0.25) is 0 Å². The Kier molecular flexibility index (Phi) is 7.87. The van der Waals surface area contributed by atoms with Gasteiger partial charge in [-0.1, -0.05) is 26.0 Å². The molecule has 1 amide bonds. The molecule has 1 aliphatic rings. The second kappa shape index (κ2) is 9.13. The predicted octanol–water partition coefficient (Wildman–Crippen LogP) is 2.75. The molecule has 0 aliphatic carbocycles. The number of halogens is 1. The number of carbonyl (C=O) groups excluding carboxylic acids is 1. The van der Waals surface area contributed by atoms with Crippen molar-refractivity contribution >= 4 is 24.0 Å². The number of fused-ring (bicyclic) bond motifs is 1. The number of hydrogen-bond acceptors (Lipinski definition) is 3. The zero-order chi connectivity index (χ0) is 15.2. The molecular weight excluding hydrogens is 300 g/mol. The fourth-order valence-corrected chi connectivity index (χ4v) is 2.70. The lowest BCUT2D eigenvalue weighted by molar-refractivity contribution is -0.117. The van der Waals surface area contributed by atoms with Crippen molar-refractivity contribution in [3.63, 3.8) is 0 Å². The Hall–Kier alpha value is -1.10. The fourth-order valence-electron chi connectivity index (χ4n) is 2.70. The molecule has 0 radical (unpaired) electrons. The molecule has 124 valence electrons. The molecule has 2 rings (SSSR count). The number of anilines is 1. The van der Waals surface area contributed by atoms with Crippen molar-refractivity contribution in [1.82, 2.24) is 5.32 Å². The number of carbonyl (C=O) groups is 1. The number of methoxy groups -OCH3 is 1. The average Bonchev–Trinajstić information content (AvgIpc) is 2.50. The van der Waals surface area contributed by atoms with E-state index in [0.717, 1.165) is 25.1 Å². The van der Waals surface area contributed by atoms with E-state index in [0.29, 0.717) is 25.6 Å². The molecular formula is C17H27ClN2O2. The van der Waals surface area contributed by atoms with E-state index in [2.05, 4.69) is 37.4 Å². The third kappa shape index (κ3) is 4.70. The Balaban J connectivity index is 0.00000242. The molecule has 1 aliphatic heterocycles. The van der Waals surface area contributed by atoms with Crippen LogP contribution < -0.4 is 10.2 Å². The first-order valence-corrected chi connectivity index (χ1v) is 7.76. The highest BCUT2D eigenvalue weighted by Gasteiger charge is 2.22. The van der Waals surface area contributed by atoms with Crippen molar-refractivity contribution in [2.75, 3.05) is 38.3 Å². The summed E-state index contributed by atoms with van der Waals surface area (Å²) in [5.41, 5.74) is 3.74. The van der Waals surface area contributed by atoms with Gasteiger partial charge < -0.3 is 15.0 Å². The molecule has 0 spiro atoms. The number of ether oxygens (including phenoxy) is 1.